The topological polar surface area (TPSA) is 81.9 Å². The fourth-order valence-corrected chi connectivity index (χ4v) is 3.24. The Morgan fingerprint density at radius 1 is 1.21 bits per heavy atom. The van der Waals surface area contributed by atoms with Crippen LogP contribution in [0.5, 0.6) is 11.5 Å². The van der Waals surface area contributed by atoms with Crippen LogP contribution < -0.4 is 5.43 Å². The first-order valence-electron chi connectivity index (χ1n) is 7.10. The lowest BCUT2D eigenvalue weighted by atomic mass is 10.2. The highest BCUT2D eigenvalue weighted by molar-refractivity contribution is 9.10. The van der Waals surface area contributed by atoms with Crippen molar-refractivity contribution < 1.29 is 15.0 Å². The third kappa shape index (κ3) is 5.01. The Labute approximate surface area is 152 Å². The Morgan fingerprint density at radius 2 is 1.96 bits per heavy atom. The molecule has 7 heteroatoms. The van der Waals surface area contributed by atoms with Gasteiger partial charge in [-0.05, 0) is 60.9 Å². The Kier molecular flexibility index (Phi) is 6.28. The fraction of sp³-hybridized carbons (Fsp3) is 0.176. The fourth-order valence-electron chi connectivity index (χ4n) is 1.89. The summed E-state index contributed by atoms with van der Waals surface area (Å²) in [5.41, 5.74) is 5.23. The number of rotatable bonds is 5. The van der Waals surface area contributed by atoms with Crippen molar-refractivity contribution in [1.29, 1.82) is 0 Å². The lowest BCUT2D eigenvalue weighted by Gasteiger charge is -2.08. The highest BCUT2D eigenvalue weighted by Crippen LogP contribution is 2.28. The molecule has 1 amide bonds. The highest BCUT2D eigenvalue weighted by Gasteiger charge is 2.06. The van der Waals surface area contributed by atoms with Crippen LogP contribution >= 0.6 is 27.7 Å². The van der Waals surface area contributed by atoms with Crippen LogP contribution in [-0.4, -0.2) is 28.1 Å². The smallest absolute Gasteiger partial charge is 0.250 e. The van der Waals surface area contributed by atoms with E-state index in [1.54, 1.807) is 6.07 Å². The van der Waals surface area contributed by atoms with Crippen molar-refractivity contribution in [2.45, 2.75) is 18.7 Å². The minimum atomic E-state index is -0.234. The monoisotopic (exact) mass is 408 g/mol. The van der Waals surface area contributed by atoms with E-state index in [1.807, 2.05) is 26.0 Å². The van der Waals surface area contributed by atoms with Gasteiger partial charge in [0.25, 0.3) is 0 Å². The van der Waals surface area contributed by atoms with Crippen molar-refractivity contribution in [2.75, 3.05) is 5.75 Å². The van der Waals surface area contributed by atoms with Gasteiger partial charge in [0.15, 0.2) is 11.5 Å². The number of aryl methyl sites for hydroxylation is 2. The molecule has 0 saturated carbocycles. The standard InChI is InChI=1S/C17H17BrN2O3S/c1-10-6-16(11(2)5-13(10)18)24-9-17(23)20-19-8-12-3-4-14(21)15(22)7-12/h3-8,21-22H,9H2,1-2H3,(H,20,23)/b19-8+. The van der Waals surface area contributed by atoms with Crippen LogP contribution in [-0.2, 0) is 4.79 Å². The predicted octanol–water partition coefficient (Wildman–Crippen LogP) is 3.72. The number of phenols is 2. The normalized spacial score (nSPS) is 11.0. The molecule has 0 unspecified atom stereocenters. The average molecular weight is 409 g/mol. The van der Waals surface area contributed by atoms with E-state index < -0.39 is 0 Å². The number of phenolic OH excluding ortho intramolecular Hbond substituents is 2. The number of amides is 1. The summed E-state index contributed by atoms with van der Waals surface area (Å²) in [7, 11) is 0. The van der Waals surface area contributed by atoms with E-state index in [1.165, 1.54) is 30.1 Å². The first-order chi connectivity index (χ1) is 11.4. The number of carbonyl (C=O) groups is 1. The van der Waals surface area contributed by atoms with Gasteiger partial charge >= 0.3 is 0 Å². The van der Waals surface area contributed by atoms with Crippen molar-refractivity contribution in [3.05, 3.63) is 51.5 Å². The van der Waals surface area contributed by atoms with Crippen LogP contribution in [0.4, 0.5) is 0 Å². The average Bonchev–Trinajstić information content (AvgIpc) is 2.53. The number of thioether (sulfide) groups is 1. The Balaban J connectivity index is 1.88. The van der Waals surface area contributed by atoms with Gasteiger partial charge in [-0.3, -0.25) is 4.79 Å². The largest absolute Gasteiger partial charge is 0.504 e. The number of carbonyl (C=O) groups excluding carboxylic acids is 1. The number of hydrazone groups is 1. The molecule has 0 saturated heterocycles. The second kappa shape index (κ2) is 8.21. The van der Waals surface area contributed by atoms with E-state index >= 15 is 0 Å². The third-order valence-electron chi connectivity index (χ3n) is 3.22. The number of halogens is 1. The van der Waals surface area contributed by atoms with Crippen LogP contribution in [0.2, 0.25) is 0 Å². The van der Waals surface area contributed by atoms with Crippen LogP contribution in [0.3, 0.4) is 0 Å². The maximum atomic E-state index is 11.8. The van der Waals surface area contributed by atoms with Gasteiger partial charge in [0.2, 0.25) is 5.91 Å². The number of hydrogen-bond donors (Lipinski definition) is 3. The second-order valence-corrected chi connectivity index (χ2v) is 7.07. The van der Waals surface area contributed by atoms with Crippen molar-refractivity contribution >= 4 is 39.8 Å². The molecular formula is C17H17BrN2O3S. The zero-order valence-corrected chi connectivity index (χ0v) is 15.6. The van der Waals surface area contributed by atoms with E-state index in [-0.39, 0.29) is 23.2 Å². The summed E-state index contributed by atoms with van der Waals surface area (Å²) in [6, 6.07) is 8.36. The number of hydrogen-bond acceptors (Lipinski definition) is 5. The summed E-state index contributed by atoms with van der Waals surface area (Å²) in [4.78, 5) is 12.9. The molecule has 0 aromatic heterocycles. The third-order valence-corrected chi connectivity index (χ3v) is 5.23. The maximum absolute atomic E-state index is 11.8. The lowest BCUT2D eigenvalue weighted by Crippen LogP contribution is -2.19. The molecule has 0 fully saturated rings. The molecular weight excluding hydrogens is 392 g/mol. The van der Waals surface area contributed by atoms with Crippen LogP contribution in [0, 0.1) is 13.8 Å². The van der Waals surface area contributed by atoms with Crippen molar-refractivity contribution in [2.24, 2.45) is 5.10 Å². The first-order valence-corrected chi connectivity index (χ1v) is 8.88. The van der Waals surface area contributed by atoms with Crippen molar-refractivity contribution in [1.82, 2.24) is 5.43 Å². The van der Waals surface area contributed by atoms with E-state index in [0.29, 0.717) is 5.56 Å². The van der Waals surface area contributed by atoms with Crippen LogP contribution in [0.15, 0.2) is 44.8 Å². The van der Waals surface area contributed by atoms with Gasteiger partial charge in [0.1, 0.15) is 0 Å². The summed E-state index contributed by atoms with van der Waals surface area (Å²) < 4.78 is 1.05. The summed E-state index contributed by atoms with van der Waals surface area (Å²) in [5, 5.41) is 22.4. The molecule has 0 aliphatic heterocycles. The molecule has 2 aromatic carbocycles. The van der Waals surface area contributed by atoms with E-state index in [2.05, 4.69) is 26.5 Å². The number of nitrogens with one attached hydrogen (secondary N) is 1. The first kappa shape index (κ1) is 18.4. The van der Waals surface area contributed by atoms with Crippen molar-refractivity contribution in [3.8, 4) is 11.5 Å². The van der Waals surface area contributed by atoms with Crippen LogP contribution in [0.1, 0.15) is 16.7 Å². The molecule has 0 atom stereocenters. The molecule has 24 heavy (non-hydrogen) atoms. The van der Waals surface area contributed by atoms with Gasteiger partial charge in [0, 0.05) is 9.37 Å². The molecule has 0 radical (unpaired) electrons. The number of benzene rings is 2. The minimum absolute atomic E-state index is 0.201. The predicted molar refractivity (Wildman–Crippen MR) is 99.8 cm³/mol. The quantitative estimate of drug-likeness (QED) is 0.304. The van der Waals surface area contributed by atoms with Gasteiger partial charge in [-0.2, -0.15) is 5.10 Å². The Bertz CT molecular complexity index is 794. The van der Waals surface area contributed by atoms with Gasteiger partial charge < -0.3 is 10.2 Å². The molecule has 0 aliphatic rings. The highest BCUT2D eigenvalue weighted by atomic mass is 79.9. The molecule has 2 rings (SSSR count). The molecule has 0 spiro atoms. The van der Waals surface area contributed by atoms with E-state index in [9.17, 15) is 15.0 Å². The summed E-state index contributed by atoms with van der Waals surface area (Å²) in [6.07, 6.45) is 1.40. The SMILES string of the molecule is Cc1cc(SCC(=O)N/N=C/c2ccc(O)c(O)c2)c(C)cc1Br. The summed E-state index contributed by atoms with van der Waals surface area (Å²) in [5.74, 6) is -0.408. The minimum Gasteiger partial charge on any atom is -0.504 e. The molecule has 126 valence electrons. The summed E-state index contributed by atoms with van der Waals surface area (Å²) in [6.45, 7) is 4.00. The number of nitrogens with zero attached hydrogens (tertiary/aromatic N) is 1. The molecule has 0 heterocycles. The zero-order chi connectivity index (χ0) is 17.7. The van der Waals surface area contributed by atoms with Gasteiger partial charge in [-0.15, -0.1) is 11.8 Å². The van der Waals surface area contributed by atoms with Gasteiger partial charge in [0.05, 0.1) is 12.0 Å². The zero-order valence-electron chi connectivity index (χ0n) is 13.2. The Hall–Kier alpha value is -1.99. The van der Waals surface area contributed by atoms with Gasteiger partial charge in [-0.25, -0.2) is 5.43 Å². The van der Waals surface area contributed by atoms with Crippen molar-refractivity contribution in [3.63, 3.8) is 0 Å². The second-order valence-electron chi connectivity index (χ2n) is 5.20. The Morgan fingerprint density at radius 3 is 2.67 bits per heavy atom. The maximum Gasteiger partial charge on any atom is 0.250 e. The van der Waals surface area contributed by atoms with Crippen LogP contribution in [0.25, 0.3) is 0 Å². The molecule has 5 nitrogen and oxygen atoms in total. The molecule has 0 bridgehead atoms. The molecule has 2 aromatic rings. The molecule has 3 N–H and O–H groups in total. The number of aromatic hydroxyl groups is 2. The summed E-state index contributed by atoms with van der Waals surface area (Å²) >= 11 is 4.93. The van der Waals surface area contributed by atoms with E-state index in [0.717, 1.165) is 20.5 Å². The van der Waals surface area contributed by atoms with E-state index in [4.69, 9.17) is 0 Å². The van der Waals surface area contributed by atoms with Gasteiger partial charge in [-0.1, -0.05) is 15.9 Å². The lowest BCUT2D eigenvalue weighted by molar-refractivity contribution is -0.118. The molecule has 0 aliphatic carbocycles.